The summed E-state index contributed by atoms with van der Waals surface area (Å²) in [6.07, 6.45) is 1.79. The third-order valence-electron chi connectivity index (χ3n) is 6.76. The van der Waals surface area contributed by atoms with E-state index in [0.717, 1.165) is 41.1 Å². The molecule has 1 unspecified atom stereocenters. The van der Waals surface area contributed by atoms with Crippen molar-refractivity contribution in [1.29, 1.82) is 0 Å². The molecule has 2 aliphatic heterocycles. The third kappa shape index (κ3) is 5.32. The van der Waals surface area contributed by atoms with Crippen molar-refractivity contribution in [2.45, 2.75) is 17.5 Å². The standard InChI is InChI=1S/C29H29N3O4S2/c1-37-23-9-8-20-15-21(28(30-24(20)16-23)31-10-12-34-13-11-31)17-32(29(33)27-7-4-14-38-27)18-22-19-35-25-5-2-3-6-26(25)36-22/h2-9,14-16,22H,10-13,17-19H2,1H3. The normalized spacial score (nSPS) is 17.0. The van der Waals surface area contributed by atoms with Gasteiger partial charge in [0.25, 0.3) is 5.91 Å². The Morgan fingerprint density at radius 3 is 2.74 bits per heavy atom. The molecule has 196 valence electrons. The van der Waals surface area contributed by atoms with Crippen LogP contribution in [-0.2, 0) is 11.3 Å². The van der Waals surface area contributed by atoms with Crippen molar-refractivity contribution in [2.24, 2.45) is 0 Å². The second-order valence-corrected chi connectivity index (χ2v) is 11.1. The number of amides is 1. The lowest BCUT2D eigenvalue weighted by Gasteiger charge is -2.33. The molecule has 1 fully saturated rings. The summed E-state index contributed by atoms with van der Waals surface area (Å²) in [6.45, 7) is 4.05. The predicted molar refractivity (Wildman–Crippen MR) is 152 cm³/mol. The third-order valence-corrected chi connectivity index (χ3v) is 8.35. The van der Waals surface area contributed by atoms with E-state index < -0.39 is 0 Å². The molecule has 4 heterocycles. The van der Waals surface area contributed by atoms with Crippen LogP contribution in [0.15, 0.2) is 70.9 Å². The lowest BCUT2D eigenvalue weighted by Crippen LogP contribution is -2.44. The molecule has 0 aliphatic carbocycles. The zero-order chi connectivity index (χ0) is 25.9. The number of anilines is 1. The van der Waals surface area contributed by atoms with Crippen LogP contribution in [0.3, 0.4) is 0 Å². The molecule has 0 saturated carbocycles. The fourth-order valence-electron chi connectivity index (χ4n) is 4.85. The van der Waals surface area contributed by atoms with Crippen LogP contribution in [0.1, 0.15) is 15.2 Å². The van der Waals surface area contributed by atoms with Crippen molar-refractivity contribution >= 4 is 45.7 Å². The summed E-state index contributed by atoms with van der Waals surface area (Å²) in [5.74, 6) is 2.33. The molecule has 2 aromatic heterocycles. The molecule has 2 aromatic carbocycles. The number of benzene rings is 2. The number of thiophene rings is 1. The van der Waals surface area contributed by atoms with Gasteiger partial charge in [-0.05, 0) is 48.0 Å². The van der Waals surface area contributed by atoms with Crippen LogP contribution in [0, 0.1) is 0 Å². The molecule has 0 N–H and O–H groups in total. The molecule has 7 nitrogen and oxygen atoms in total. The van der Waals surface area contributed by atoms with Gasteiger partial charge in [-0.1, -0.05) is 24.3 Å². The molecular formula is C29H29N3O4S2. The molecule has 0 bridgehead atoms. The van der Waals surface area contributed by atoms with Gasteiger partial charge in [0.15, 0.2) is 17.6 Å². The summed E-state index contributed by atoms with van der Waals surface area (Å²) >= 11 is 3.16. The van der Waals surface area contributed by atoms with Gasteiger partial charge in [-0.25, -0.2) is 4.98 Å². The number of ether oxygens (including phenoxy) is 3. The molecule has 0 radical (unpaired) electrons. The van der Waals surface area contributed by atoms with Gasteiger partial charge in [-0.15, -0.1) is 23.1 Å². The average Bonchev–Trinajstić information content (AvgIpc) is 3.51. The van der Waals surface area contributed by atoms with E-state index in [1.165, 1.54) is 16.2 Å². The predicted octanol–water partition coefficient (Wildman–Crippen LogP) is 5.34. The van der Waals surface area contributed by atoms with Crippen molar-refractivity contribution in [1.82, 2.24) is 9.88 Å². The van der Waals surface area contributed by atoms with Crippen LogP contribution < -0.4 is 14.4 Å². The van der Waals surface area contributed by atoms with Gasteiger partial charge in [-0.3, -0.25) is 4.79 Å². The minimum absolute atomic E-state index is 0.0202. The largest absolute Gasteiger partial charge is 0.486 e. The van der Waals surface area contributed by atoms with Gasteiger partial charge in [0.1, 0.15) is 12.4 Å². The fourth-order valence-corrected chi connectivity index (χ4v) is 5.98. The Balaban J connectivity index is 1.35. The number of fused-ring (bicyclic) bond motifs is 2. The van der Waals surface area contributed by atoms with Crippen molar-refractivity contribution in [2.75, 3.05) is 50.6 Å². The topological polar surface area (TPSA) is 64.1 Å². The van der Waals surface area contributed by atoms with Crippen LogP contribution in [-0.4, -0.2) is 67.6 Å². The highest BCUT2D eigenvalue weighted by molar-refractivity contribution is 7.98. The number of hydrogen-bond acceptors (Lipinski definition) is 8. The zero-order valence-corrected chi connectivity index (χ0v) is 22.8. The number of nitrogens with zero attached hydrogens (tertiary/aromatic N) is 3. The van der Waals surface area contributed by atoms with E-state index in [9.17, 15) is 4.79 Å². The van der Waals surface area contributed by atoms with E-state index in [-0.39, 0.29) is 12.0 Å². The molecule has 1 saturated heterocycles. The summed E-state index contributed by atoms with van der Waals surface area (Å²) in [6, 6.07) is 20.0. The Bertz CT molecular complexity index is 1420. The molecule has 1 amide bonds. The maximum absolute atomic E-state index is 13.7. The van der Waals surface area contributed by atoms with Crippen LogP contribution >= 0.6 is 23.1 Å². The molecule has 1 atom stereocenters. The number of carbonyl (C=O) groups excluding carboxylic acids is 1. The molecule has 9 heteroatoms. The maximum Gasteiger partial charge on any atom is 0.264 e. The lowest BCUT2D eigenvalue weighted by molar-refractivity contribution is 0.0447. The minimum Gasteiger partial charge on any atom is -0.486 e. The summed E-state index contributed by atoms with van der Waals surface area (Å²) in [5.41, 5.74) is 1.97. The quantitative estimate of drug-likeness (QED) is 0.290. The van der Waals surface area contributed by atoms with Crippen molar-refractivity contribution < 1.29 is 19.0 Å². The average molecular weight is 548 g/mol. The smallest absolute Gasteiger partial charge is 0.264 e. The Morgan fingerprint density at radius 2 is 1.95 bits per heavy atom. The summed E-state index contributed by atoms with van der Waals surface area (Å²) in [5, 5.41) is 2.99. The van der Waals surface area contributed by atoms with Crippen molar-refractivity contribution in [3.8, 4) is 11.5 Å². The first kappa shape index (κ1) is 25.0. The number of pyridine rings is 1. The molecule has 2 aliphatic rings. The zero-order valence-electron chi connectivity index (χ0n) is 21.2. The SMILES string of the molecule is CSc1ccc2cc(CN(CC3COc4ccccc4O3)C(=O)c3cccs3)c(N3CCOCC3)nc2c1. The van der Waals surface area contributed by atoms with E-state index in [4.69, 9.17) is 19.2 Å². The van der Waals surface area contributed by atoms with Gasteiger partial charge in [0, 0.05) is 35.5 Å². The number of rotatable bonds is 7. The number of para-hydroxylation sites is 2. The summed E-state index contributed by atoms with van der Waals surface area (Å²) in [4.78, 5) is 24.9. The summed E-state index contributed by atoms with van der Waals surface area (Å²) in [7, 11) is 0. The highest BCUT2D eigenvalue weighted by atomic mass is 32.2. The van der Waals surface area contributed by atoms with Crippen LogP contribution in [0.2, 0.25) is 0 Å². The Morgan fingerprint density at radius 1 is 1.11 bits per heavy atom. The van der Waals surface area contributed by atoms with Crippen LogP contribution in [0.5, 0.6) is 11.5 Å². The lowest BCUT2D eigenvalue weighted by atomic mass is 10.1. The Kier molecular flexibility index (Phi) is 7.40. The number of hydrogen-bond donors (Lipinski definition) is 0. The van der Waals surface area contributed by atoms with Crippen LogP contribution in [0.4, 0.5) is 5.82 Å². The van der Waals surface area contributed by atoms with Crippen LogP contribution in [0.25, 0.3) is 10.9 Å². The van der Waals surface area contributed by atoms with E-state index in [1.807, 2.05) is 46.7 Å². The minimum atomic E-state index is -0.279. The maximum atomic E-state index is 13.7. The Hall–Kier alpha value is -3.27. The molecule has 0 spiro atoms. The summed E-state index contributed by atoms with van der Waals surface area (Å²) < 4.78 is 17.8. The highest BCUT2D eigenvalue weighted by Crippen LogP contribution is 2.32. The van der Waals surface area contributed by atoms with Crippen molar-refractivity contribution in [3.05, 3.63) is 76.5 Å². The van der Waals surface area contributed by atoms with E-state index >= 15 is 0 Å². The second-order valence-electron chi connectivity index (χ2n) is 9.29. The molecule has 6 rings (SSSR count). The monoisotopic (exact) mass is 547 g/mol. The first-order chi connectivity index (χ1) is 18.7. The number of thioether (sulfide) groups is 1. The second kappa shape index (κ2) is 11.2. The molecule has 4 aromatic rings. The van der Waals surface area contributed by atoms with E-state index in [1.54, 1.807) is 11.8 Å². The van der Waals surface area contributed by atoms with Crippen molar-refractivity contribution in [3.63, 3.8) is 0 Å². The van der Waals surface area contributed by atoms with Gasteiger partial charge < -0.3 is 24.0 Å². The van der Waals surface area contributed by atoms with Gasteiger partial charge >= 0.3 is 0 Å². The van der Waals surface area contributed by atoms with E-state index in [2.05, 4.69) is 35.4 Å². The van der Waals surface area contributed by atoms with Gasteiger partial charge in [-0.2, -0.15) is 0 Å². The molecular weight excluding hydrogens is 518 g/mol. The number of aromatic nitrogens is 1. The highest BCUT2D eigenvalue weighted by Gasteiger charge is 2.28. The van der Waals surface area contributed by atoms with Gasteiger partial charge in [0.2, 0.25) is 0 Å². The van der Waals surface area contributed by atoms with Gasteiger partial charge in [0.05, 0.1) is 30.2 Å². The fraction of sp³-hybridized carbons (Fsp3) is 0.310. The number of morpholine rings is 1. The first-order valence-corrected chi connectivity index (χ1v) is 14.8. The first-order valence-electron chi connectivity index (χ1n) is 12.7. The number of carbonyl (C=O) groups is 1. The Labute approximate surface area is 230 Å². The van der Waals surface area contributed by atoms with E-state index in [0.29, 0.717) is 43.5 Å². The molecule has 38 heavy (non-hydrogen) atoms.